The first-order chi connectivity index (χ1) is 9.54. The van der Waals surface area contributed by atoms with Crippen molar-refractivity contribution in [2.45, 2.75) is 39.0 Å². The Labute approximate surface area is 122 Å². The maximum atomic E-state index is 9.90. The SMILES string of the molecule is COCC(C)OCC(O)CN[C@@H](C)c1ccccc1C. The fourth-order valence-corrected chi connectivity index (χ4v) is 2.11. The van der Waals surface area contributed by atoms with Gasteiger partial charge in [0.2, 0.25) is 0 Å². The van der Waals surface area contributed by atoms with Crippen molar-refractivity contribution in [3.8, 4) is 0 Å². The van der Waals surface area contributed by atoms with Crippen molar-refractivity contribution in [2.24, 2.45) is 0 Å². The third kappa shape index (κ3) is 6.01. The molecule has 4 heteroatoms. The Morgan fingerprint density at radius 3 is 2.55 bits per heavy atom. The number of hydrogen-bond donors (Lipinski definition) is 2. The van der Waals surface area contributed by atoms with Crippen molar-refractivity contribution in [3.05, 3.63) is 35.4 Å². The lowest BCUT2D eigenvalue weighted by molar-refractivity contribution is -0.0315. The highest BCUT2D eigenvalue weighted by Gasteiger charge is 2.11. The third-order valence-corrected chi connectivity index (χ3v) is 3.29. The van der Waals surface area contributed by atoms with Gasteiger partial charge in [-0.25, -0.2) is 0 Å². The summed E-state index contributed by atoms with van der Waals surface area (Å²) >= 11 is 0. The molecule has 0 spiro atoms. The van der Waals surface area contributed by atoms with Crippen LogP contribution in [0.5, 0.6) is 0 Å². The van der Waals surface area contributed by atoms with Crippen LogP contribution in [0, 0.1) is 6.92 Å². The average molecular weight is 281 g/mol. The van der Waals surface area contributed by atoms with Gasteiger partial charge in [0, 0.05) is 19.7 Å². The molecule has 4 nitrogen and oxygen atoms in total. The quantitative estimate of drug-likeness (QED) is 0.727. The molecule has 20 heavy (non-hydrogen) atoms. The van der Waals surface area contributed by atoms with Gasteiger partial charge in [-0.1, -0.05) is 24.3 Å². The zero-order valence-corrected chi connectivity index (χ0v) is 12.9. The summed E-state index contributed by atoms with van der Waals surface area (Å²) in [6.45, 7) is 7.50. The average Bonchev–Trinajstić information content (AvgIpc) is 2.43. The number of aliphatic hydroxyl groups excluding tert-OH is 1. The summed E-state index contributed by atoms with van der Waals surface area (Å²) < 4.78 is 10.5. The molecule has 0 saturated heterocycles. The number of ether oxygens (including phenoxy) is 2. The maximum absolute atomic E-state index is 9.90. The smallest absolute Gasteiger partial charge is 0.0898 e. The van der Waals surface area contributed by atoms with Crippen LogP contribution in [0.15, 0.2) is 24.3 Å². The molecule has 0 heterocycles. The van der Waals surface area contributed by atoms with Crippen molar-refractivity contribution in [1.82, 2.24) is 5.32 Å². The molecule has 0 aromatic heterocycles. The molecule has 2 N–H and O–H groups in total. The van der Waals surface area contributed by atoms with Gasteiger partial charge in [0.1, 0.15) is 0 Å². The van der Waals surface area contributed by atoms with Gasteiger partial charge < -0.3 is 19.9 Å². The molecule has 0 aliphatic heterocycles. The lowest BCUT2D eigenvalue weighted by Gasteiger charge is -2.20. The van der Waals surface area contributed by atoms with E-state index in [-0.39, 0.29) is 12.1 Å². The van der Waals surface area contributed by atoms with Crippen LogP contribution in [-0.2, 0) is 9.47 Å². The second kappa shape index (κ2) is 9.08. The highest BCUT2D eigenvalue weighted by atomic mass is 16.5. The molecule has 0 bridgehead atoms. The minimum absolute atomic E-state index is 0.00319. The first kappa shape index (κ1) is 17.1. The van der Waals surface area contributed by atoms with Gasteiger partial charge >= 0.3 is 0 Å². The lowest BCUT2D eigenvalue weighted by atomic mass is 10.0. The summed E-state index contributed by atoms with van der Waals surface area (Å²) in [5.74, 6) is 0. The minimum Gasteiger partial charge on any atom is -0.389 e. The van der Waals surface area contributed by atoms with Crippen LogP contribution in [0.25, 0.3) is 0 Å². The normalized spacial score (nSPS) is 15.8. The van der Waals surface area contributed by atoms with Gasteiger partial charge in [0.05, 0.1) is 25.4 Å². The predicted octanol–water partition coefficient (Wildman–Crippen LogP) is 2.06. The summed E-state index contributed by atoms with van der Waals surface area (Å²) in [4.78, 5) is 0. The number of rotatable bonds is 9. The molecule has 1 aromatic carbocycles. The number of aliphatic hydroxyl groups is 1. The zero-order valence-electron chi connectivity index (χ0n) is 12.9. The molecule has 3 atom stereocenters. The standard InChI is InChI=1S/C16H27NO3/c1-12-7-5-6-8-16(12)14(3)17-9-15(18)11-20-13(2)10-19-4/h5-8,13-15,17-18H,9-11H2,1-4H3/t13?,14-,15?/m0/s1. The molecule has 1 aromatic rings. The topological polar surface area (TPSA) is 50.7 Å². The summed E-state index contributed by atoms with van der Waals surface area (Å²) in [6.07, 6.45) is -0.510. The number of methoxy groups -OCH3 is 1. The fraction of sp³-hybridized carbons (Fsp3) is 0.625. The molecule has 0 radical (unpaired) electrons. The van der Waals surface area contributed by atoms with E-state index in [4.69, 9.17) is 9.47 Å². The number of aryl methyl sites for hydroxylation is 1. The van der Waals surface area contributed by atoms with Crippen LogP contribution in [0.4, 0.5) is 0 Å². The summed E-state index contributed by atoms with van der Waals surface area (Å²) in [7, 11) is 1.64. The van der Waals surface area contributed by atoms with E-state index in [2.05, 4.69) is 31.3 Å². The van der Waals surface area contributed by atoms with Crippen LogP contribution in [-0.4, -0.2) is 44.2 Å². The molecule has 0 amide bonds. The number of benzene rings is 1. The summed E-state index contributed by atoms with van der Waals surface area (Å²) in [6, 6.07) is 8.48. The third-order valence-electron chi connectivity index (χ3n) is 3.29. The molecular weight excluding hydrogens is 254 g/mol. The van der Waals surface area contributed by atoms with Crippen molar-refractivity contribution in [1.29, 1.82) is 0 Å². The Bertz CT molecular complexity index is 384. The van der Waals surface area contributed by atoms with E-state index in [0.29, 0.717) is 19.8 Å². The van der Waals surface area contributed by atoms with E-state index in [1.807, 2.05) is 19.1 Å². The Morgan fingerprint density at radius 2 is 1.90 bits per heavy atom. The van der Waals surface area contributed by atoms with Crippen LogP contribution >= 0.6 is 0 Å². The monoisotopic (exact) mass is 281 g/mol. The van der Waals surface area contributed by atoms with Crippen LogP contribution in [0.2, 0.25) is 0 Å². The van der Waals surface area contributed by atoms with E-state index < -0.39 is 6.10 Å². The van der Waals surface area contributed by atoms with Crippen LogP contribution in [0.3, 0.4) is 0 Å². The maximum Gasteiger partial charge on any atom is 0.0898 e. The van der Waals surface area contributed by atoms with Gasteiger partial charge in [-0.15, -0.1) is 0 Å². The van der Waals surface area contributed by atoms with Gasteiger partial charge in [0.15, 0.2) is 0 Å². The summed E-state index contributed by atoms with van der Waals surface area (Å²) in [5, 5.41) is 13.2. The second-order valence-electron chi connectivity index (χ2n) is 5.24. The van der Waals surface area contributed by atoms with Crippen molar-refractivity contribution >= 4 is 0 Å². The molecule has 114 valence electrons. The summed E-state index contributed by atoms with van der Waals surface area (Å²) in [5.41, 5.74) is 2.51. The molecule has 1 rings (SSSR count). The molecule has 2 unspecified atom stereocenters. The zero-order chi connectivity index (χ0) is 15.0. The first-order valence-electron chi connectivity index (χ1n) is 7.12. The highest BCUT2D eigenvalue weighted by Crippen LogP contribution is 2.16. The first-order valence-corrected chi connectivity index (χ1v) is 7.12. The Kier molecular flexibility index (Phi) is 7.77. The Morgan fingerprint density at radius 1 is 1.20 bits per heavy atom. The molecule has 0 aliphatic rings. The van der Waals surface area contributed by atoms with E-state index in [1.54, 1.807) is 7.11 Å². The number of hydrogen-bond acceptors (Lipinski definition) is 4. The van der Waals surface area contributed by atoms with Gasteiger partial charge in [0.25, 0.3) is 0 Å². The highest BCUT2D eigenvalue weighted by molar-refractivity contribution is 5.28. The van der Waals surface area contributed by atoms with Crippen molar-refractivity contribution in [3.63, 3.8) is 0 Å². The van der Waals surface area contributed by atoms with Crippen molar-refractivity contribution in [2.75, 3.05) is 26.9 Å². The largest absolute Gasteiger partial charge is 0.389 e. The van der Waals surface area contributed by atoms with Crippen LogP contribution < -0.4 is 5.32 Å². The minimum atomic E-state index is -0.513. The van der Waals surface area contributed by atoms with Crippen molar-refractivity contribution < 1.29 is 14.6 Å². The van der Waals surface area contributed by atoms with E-state index in [1.165, 1.54) is 11.1 Å². The molecule has 0 aliphatic carbocycles. The molecule has 0 fully saturated rings. The fourth-order valence-electron chi connectivity index (χ4n) is 2.11. The van der Waals surface area contributed by atoms with Gasteiger partial charge in [-0.3, -0.25) is 0 Å². The molecular formula is C16H27NO3. The van der Waals surface area contributed by atoms with Crippen LogP contribution in [0.1, 0.15) is 31.0 Å². The van der Waals surface area contributed by atoms with Gasteiger partial charge in [-0.2, -0.15) is 0 Å². The second-order valence-corrected chi connectivity index (χ2v) is 5.24. The Balaban J connectivity index is 2.30. The van der Waals surface area contributed by atoms with E-state index >= 15 is 0 Å². The Hall–Kier alpha value is -0.940. The lowest BCUT2D eigenvalue weighted by Crippen LogP contribution is -2.33. The van der Waals surface area contributed by atoms with E-state index in [0.717, 1.165) is 0 Å². The number of nitrogens with one attached hydrogen (secondary N) is 1. The van der Waals surface area contributed by atoms with E-state index in [9.17, 15) is 5.11 Å². The predicted molar refractivity (Wildman–Crippen MR) is 80.9 cm³/mol. The van der Waals surface area contributed by atoms with Gasteiger partial charge in [-0.05, 0) is 31.9 Å². The molecule has 0 saturated carbocycles.